The molecule has 0 bridgehead atoms. The van der Waals surface area contributed by atoms with Gasteiger partial charge in [-0.25, -0.2) is 0 Å². The molecule has 1 nitrogen and oxygen atoms in total. The second-order valence-corrected chi connectivity index (χ2v) is 6.19. The third-order valence-electron chi connectivity index (χ3n) is 5.15. The van der Waals surface area contributed by atoms with E-state index in [-0.39, 0.29) is 11.0 Å². The lowest BCUT2D eigenvalue weighted by Crippen LogP contribution is -2.70. The second kappa shape index (κ2) is 3.16. The summed E-state index contributed by atoms with van der Waals surface area (Å²) in [6.07, 6.45) is 6.98. The summed E-state index contributed by atoms with van der Waals surface area (Å²) in [6.45, 7) is 6.85. The zero-order valence-electron chi connectivity index (χ0n) is 11.6. The van der Waals surface area contributed by atoms with Crippen LogP contribution < -0.4 is 4.57 Å². The van der Waals surface area contributed by atoms with Gasteiger partial charge in [-0.1, -0.05) is 24.3 Å². The predicted molar refractivity (Wildman–Crippen MR) is 77.0 cm³/mol. The standard InChI is InChI=1S/C18H18N/c1-13-8-9-16-14-6-4-5-7-15(14)17(2)10-11-18(17,3)19(16)12-13/h4-12H,1-3H3/q+1. The molecule has 1 aromatic carbocycles. The highest BCUT2D eigenvalue weighted by molar-refractivity contribution is 5.68. The van der Waals surface area contributed by atoms with Crippen molar-refractivity contribution < 1.29 is 4.57 Å². The van der Waals surface area contributed by atoms with Crippen molar-refractivity contribution in [1.82, 2.24) is 0 Å². The summed E-state index contributed by atoms with van der Waals surface area (Å²) in [5.41, 5.74) is 5.62. The number of fused-ring (bicyclic) bond motifs is 6. The average Bonchev–Trinajstić information content (AvgIpc) is 2.43. The van der Waals surface area contributed by atoms with Crippen molar-refractivity contribution in [3.05, 3.63) is 65.9 Å². The molecule has 2 aliphatic rings. The Balaban J connectivity index is 2.16. The maximum absolute atomic E-state index is 2.45. The molecule has 1 aromatic heterocycles. The van der Waals surface area contributed by atoms with Gasteiger partial charge in [-0.2, -0.15) is 4.57 Å². The molecule has 2 aromatic rings. The van der Waals surface area contributed by atoms with Crippen LogP contribution in [0.2, 0.25) is 0 Å². The van der Waals surface area contributed by atoms with Crippen molar-refractivity contribution in [2.75, 3.05) is 0 Å². The highest BCUT2D eigenvalue weighted by atomic mass is 15.1. The zero-order valence-corrected chi connectivity index (χ0v) is 11.6. The van der Waals surface area contributed by atoms with Gasteiger partial charge < -0.3 is 0 Å². The van der Waals surface area contributed by atoms with Crippen LogP contribution in [0.25, 0.3) is 11.3 Å². The van der Waals surface area contributed by atoms with Gasteiger partial charge in [0.25, 0.3) is 0 Å². The number of pyridine rings is 1. The molecule has 4 rings (SSSR count). The lowest BCUT2D eigenvalue weighted by Gasteiger charge is -2.49. The van der Waals surface area contributed by atoms with Crippen LogP contribution in [-0.2, 0) is 11.0 Å². The maximum Gasteiger partial charge on any atom is 0.213 e. The number of hydrogen-bond donors (Lipinski definition) is 0. The van der Waals surface area contributed by atoms with Crippen molar-refractivity contribution in [3.63, 3.8) is 0 Å². The maximum atomic E-state index is 2.45. The fourth-order valence-electron chi connectivity index (χ4n) is 3.64. The number of aryl methyl sites for hydroxylation is 1. The molecular formula is C18H18N+. The molecule has 0 saturated carbocycles. The zero-order chi connectivity index (χ0) is 13.3. The Morgan fingerprint density at radius 2 is 1.74 bits per heavy atom. The number of benzene rings is 1. The van der Waals surface area contributed by atoms with Crippen molar-refractivity contribution in [2.24, 2.45) is 0 Å². The molecule has 0 amide bonds. The number of hydrogen-bond acceptors (Lipinski definition) is 0. The summed E-state index contributed by atoms with van der Waals surface area (Å²) >= 11 is 0. The molecule has 1 aliphatic heterocycles. The Kier molecular flexibility index (Phi) is 1.83. The smallest absolute Gasteiger partial charge is 0.188 e. The molecule has 1 heteroatoms. The Bertz CT molecular complexity index is 728. The SMILES string of the molecule is Cc1ccc2[n+](c1)C1(C)C=CC1(C)c1ccccc1-2. The van der Waals surface area contributed by atoms with Crippen molar-refractivity contribution in [2.45, 2.75) is 31.7 Å². The molecular weight excluding hydrogens is 230 g/mol. The van der Waals surface area contributed by atoms with Crippen molar-refractivity contribution in [1.29, 1.82) is 0 Å². The Hall–Kier alpha value is -1.89. The Morgan fingerprint density at radius 3 is 2.47 bits per heavy atom. The first kappa shape index (κ1) is 11.0. The van der Waals surface area contributed by atoms with Crippen LogP contribution >= 0.6 is 0 Å². The van der Waals surface area contributed by atoms with E-state index in [0.717, 1.165) is 0 Å². The molecule has 0 radical (unpaired) electrons. The summed E-state index contributed by atoms with van der Waals surface area (Å²) in [5.74, 6) is 0. The first-order chi connectivity index (χ1) is 9.06. The fraction of sp³-hybridized carbons (Fsp3) is 0.278. The third-order valence-corrected chi connectivity index (χ3v) is 5.15. The first-order valence-corrected chi connectivity index (χ1v) is 6.89. The van der Waals surface area contributed by atoms with Crippen molar-refractivity contribution in [3.8, 4) is 11.3 Å². The summed E-state index contributed by atoms with van der Waals surface area (Å²) in [7, 11) is 0. The summed E-state index contributed by atoms with van der Waals surface area (Å²) in [4.78, 5) is 0. The summed E-state index contributed by atoms with van der Waals surface area (Å²) in [6, 6.07) is 13.3. The first-order valence-electron chi connectivity index (χ1n) is 6.89. The molecule has 2 heterocycles. The van der Waals surface area contributed by atoms with Crippen LogP contribution in [0.15, 0.2) is 54.7 Å². The van der Waals surface area contributed by atoms with Crippen molar-refractivity contribution >= 4 is 0 Å². The van der Waals surface area contributed by atoms with E-state index in [1.807, 2.05) is 0 Å². The monoisotopic (exact) mass is 248 g/mol. The van der Waals surface area contributed by atoms with Crippen LogP contribution in [0.1, 0.15) is 25.0 Å². The minimum Gasteiger partial charge on any atom is -0.188 e. The van der Waals surface area contributed by atoms with Gasteiger partial charge in [0.1, 0.15) is 0 Å². The van der Waals surface area contributed by atoms with E-state index < -0.39 is 0 Å². The number of allylic oxidation sites excluding steroid dienone is 2. The van der Waals surface area contributed by atoms with Gasteiger partial charge in [-0.15, -0.1) is 0 Å². The van der Waals surface area contributed by atoms with Gasteiger partial charge >= 0.3 is 0 Å². The Morgan fingerprint density at radius 1 is 0.947 bits per heavy atom. The minimum absolute atomic E-state index is 0.0582. The molecule has 0 fully saturated rings. The normalized spacial score (nSPS) is 30.1. The molecule has 0 N–H and O–H groups in total. The minimum atomic E-state index is 0.0582. The average molecular weight is 248 g/mol. The van der Waals surface area contributed by atoms with Crippen LogP contribution in [0.5, 0.6) is 0 Å². The molecule has 2 unspecified atom stereocenters. The number of rotatable bonds is 0. The summed E-state index contributed by atoms with van der Waals surface area (Å²) < 4.78 is 2.45. The number of aromatic nitrogens is 1. The molecule has 1 aliphatic carbocycles. The van der Waals surface area contributed by atoms with Gasteiger partial charge in [0.05, 0.1) is 11.0 Å². The van der Waals surface area contributed by atoms with E-state index in [9.17, 15) is 0 Å². The lowest BCUT2D eigenvalue weighted by atomic mass is 9.56. The third kappa shape index (κ3) is 1.10. The Labute approximate surface area is 114 Å². The quantitative estimate of drug-likeness (QED) is 0.496. The van der Waals surface area contributed by atoms with E-state index in [0.29, 0.717) is 0 Å². The predicted octanol–water partition coefficient (Wildman–Crippen LogP) is 3.51. The van der Waals surface area contributed by atoms with Gasteiger partial charge in [0.15, 0.2) is 11.7 Å². The van der Waals surface area contributed by atoms with E-state index >= 15 is 0 Å². The van der Waals surface area contributed by atoms with Crippen LogP contribution in [0.4, 0.5) is 0 Å². The van der Waals surface area contributed by atoms with Crippen LogP contribution in [-0.4, -0.2) is 0 Å². The largest absolute Gasteiger partial charge is 0.213 e. The van der Waals surface area contributed by atoms with Gasteiger partial charge in [0, 0.05) is 18.6 Å². The lowest BCUT2D eigenvalue weighted by molar-refractivity contribution is -0.754. The van der Waals surface area contributed by atoms with E-state index in [1.54, 1.807) is 0 Å². The van der Waals surface area contributed by atoms with E-state index in [2.05, 4.69) is 80.1 Å². The molecule has 2 atom stereocenters. The second-order valence-electron chi connectivity index (χ2n) is 6.19. The molecule has 94 valence electrons. The van der Waals surface area contributed by atoms with Gasteiger partial charge in [0.2, 0.25) is 5.69 Å². The number of nitrogens with zero attached hydrogens (tertiary/aromatic N) is 1. The fourth-order valence-corrected chi connectivity index (χ4v) is 3.64. The van der Waals surface area contributed by atoms with Gasteiger partial charge in [-0.3, -0.25) is 0 Å². The highest BCUT2D eigenvalue weighted by Gasteiger charge is 2.60. The van der Waals surface area contributed by atoms with E-state index in [4.69, 9.17) is 0 Å². The molecule has 0 saturated heterocycles. The topological polar surface area (TPSA) is 3.88 Å². The van der Waals surface area contributed by atoms with Crippen LogP contribution in [0, 0.1) is 6.92 Å². The van der Waals surface area contributed by atoms with Crippen LogP contribution in [0.3, 0.4) is 0 Å². The molecule has 19 heavy (non-hydrogen) atoms. The highest BCUT2D eigenvalue weighted by Crippen LogP contribution is 2.52. The summed E-state index contributed by atoms with van der Waals surface area (Å²) in [5, 5.41) is 0. The molecule has 0 spiro atoms. The van der Waals surface area contributed by atoms with Gasteiger partial charge in [-0.05, 0) is 37.6 Å². The van der Waals surface area contributed by atoms with E-state index in [1.165, 1.54) is 22.4 Å².